The first-order valence-corrected chi connectivity index (χ1v) is 5.04. The molecule has 1 N–H and O–H groups in total. The van der Waals surface area contributed by atoms with E-state index in [-0.39, 0.29) is 0 Å². The highest BCUT2D eigenvalue weighted by Gasteiger charge is 1.96. The van der Waals surface area contributed by atoms with E-state index in [0.29, 0.717) is 31.5 Å². The molecule has 88 valence electrons. The lowest BCUT2D eigenvalue weighted by Crippen LogP contribution is -2.12. The van der Waals surface area contributed by atoms with E-state index < -0.39 is 0 Å². The van der Waals surface area contributed by atoms with Gasteiger partial charge in [-0.05, 0) is 6.92 Å². The molecule has 1 aromatic rings. The highest BCUT2D eigenvalue weighted by molar-refractivity contribution is 5.26. The summed E-state index contributed by atoms with van der Waals surface area (Å²) in [4.78, 5) is 8.12. The van der Waals surface area contributed by atoms with Crippen LogP contribution in [0, 0.1) is 0 Å². The summed E-state index contributed by atoms with van der Waals surface area (Å²) in [6.07, 6.45) is 3.23. The Kier molecular flexibility index (Phi) is 5.28. The molecule has 16 heavy (non-hydrogen) atoms. The van der Waals surface area contributed by atoms with Crippen LogP contribution >= 0.6 is 0 Å². The van der Waals surface area contributed by atoms with Gasteiger partial charge in [-0.15, -0.1) is 0 Å². The molecule has 0 unspecified atom stereocenters. The molecule has 0 aromatic carbocycles. The number of hydrogen-bond donors (Lipinski definition) is 1. The summed E-state index contributed by atoms with van der Waals surface area (Å²) in [6, 6.07) is 0. The maximum atomic E-state index is 5.32. The molecule has 1 rings (SSSR count). The smallest absolute Gasteiger partial charge is 0.222 e. The first kappa shape index (κ1) is 12.4. The van der Waals surface area contributed by atoms with E-state index in [0.717, 1.165) is 5.57 Å². The van der Waals surface area contributed by atoms with Crippen LogP contribution in [0.25, 0.3) is 0 Å². The molecule has 0 bridgehead atoms. The van der Waals surface area contributed by atoms with Gasteiger partial charge in [0.2, 0.25) is 5.95 Å². The molecule has 0 aliphatic carbocycles. The van der Waals surface area contributed by atoms with E-state index in [1.165, 1.54) is 0 Å². The largest absolute Gasteiger partial charge is 0.494 e. The van der Waals surface area contributed by atoms with E-state index in [9.17, 15) is 0 Å². The molecule has 0 aliphatic rings. The predicted molar refractivity (Wildman–Crippen MR) is 62.7 cm³/mol. The van der Waals surface area contributed by atoms with Crippen molar-refractivity contribution in [3.63, 3.8) is 0 Å². The fraction of sp³-hybridized carbons (Fsp3) is 0.455. The van der Waals surface area contributed by atoms with Crippen LogP contribution in [0.3, 0.4) is 0 Å². The number of rotatable bonds is 7. The Morgan fingerprint density at radius 1 is 1.44 bits per heavy atom. The van der Waals surface area contributed by atoms with Crippen molar-refractivity contribution in [2.24, 2.45) is 0 Å². The van der Waals surface area contributed by atoms with E-state index >= 15 is 0 Å². The molecular formula is C11H17N3O2. The molecule has 0 fully saturated rings. The Labute approximate surface area is 95.5 Å². The second-order valence-corrected chi connectivity index (χ2v) is 3.38. The van der Waals surface area contributed by atoms with Gasteiger partial charge in [0.25, 0.3) is 0 Å². The van der Waals surface area contributed by atoms with Crippen LogP contribution < -0.4 is 10.1 Å². The summed E-state index contributed by atoms with van der Waals surface area (Å²) in [5, 5.41) is 3.04. The van der Waals surface area contributed by atoms with Gasteiger partial charge in [0.1, 0.15) is 0 Å². The second-order valence-electron chi connectivity index (χ2n) is 3.38. The summed E-state index contributed by atoms with van der Waals surface area (Å²) in [7, 11) is 1.58. The van der Waals surface area contributed by atoms with Crippen LogP contribution in [0.2, 0.25) is 0 Å². The number of nitrogens with zero attached hydrogens (tertiary/aromatic N) is 2. The minimum atomic E-state index is 0.569. The van der Waals surface area contributed by atoms with Crippen molar-refractivity contribution in [2.75, 3.05) is 32.2 Å². The number of hydrogen-bond acceptors (Lipinski definition) is 5. The van der Waals surface area contributed by atoms with Crippen molar-refractivity contribution >= 4 is 5.95 Å². The van der Waals surface area contributed by atoms with Crippen molar-refractivity contribution in [3.8, 4) is 5.75 Å². The minimum absolute atomic E-state index is 0.569. The molecular weight excluding hydrogens is 206 g/mol. The zero-order valence-corrected chi connectivity index (χ0v) is 9.69. The highest BCUT2D eigenvalue weighted by Crippen LogP contribution is 2.06. The number of methoxy groups -OCH3 is 1. The molecule has 0 spiro atoms. The third-order valence-corrected chi connectivity index (χ3v) is 1.74. The van der Waals surface area contributed by atoms with Gasteiger partial charge in [0, 0.05) is 6.54 Å². The molecule has 1 heterocycles. The van der Waals surface area contributed by atoms with Gasteiger partial charge < -0.3 is 14.8 Å². The molecule has 0 saturated carbocycles. The molecule has 5 heteroatoms. The Hall–Kier alpha value is -1.62. The lowest BCUT2D eigenvalue weighted by molar-refractivity contribution is 0.167. The SMILES string of the molecule is C=C(C)COCCNc1ncc(OC)cn1. The van der Waals surface area contributed by atoms with Gasteiger partial charge in [-0.2, -0.15) is 0 Å². The van der Waals surface area contributed by atoms with Crippen molar-refractivity contribution < 1.29 is 9.47 Å². The maximum Gasteiger partial charge on any atom is 0.222 e. The summed E-state index contributed by atoms with van der Waals surface area (Å²) in [5.41, 5.74) is 1.01. The van der Waals surface area contributed by atoms with Gasteiger partial charge in [-0.1, -0.05) is 12.2 Å². The van der Waals surface area contributed by atoms with Crippen LogP contribution in [-0.4, -0.2) is 36.8 Å². The van der Waals surface area contributed by atoms with Gasteiger partial charge in [-0.25, -0.2) is 9.97 Å². The highest BCUT2D eigenvalue weighted by atomic mass is 16.5. The normalized spacial score (nSPS) is 9.88. The summed E-state index contributed by atoms with van der Waals surface area (Å²) >= 11 is 0. The monoisotopic (exact) mass is 223 g/mol. The molecule has 0 saturated heterocycles. The quantitative estimate of drug-likeness (QED) is 0.560. The summed E-state index contributed by atoms with van der Waals surface area (Å²) in [5.74, 6) is 1.21. The van der Waals surface area contributed by atoms with Crippen molar-refractivity contribution in [1.29, 1.82) is 0 Å². The molecule has 1 aromatic heterocycles. The third kappa shape index (κ3) is 4.75. The molecule has 0 aliphatic heterocycles. The average Bonchev–Trinajstić information content (AvgIpc) is 2.29. The Balaban J connectivity index is 2.19. The standard InChI is InChI=1S/C11H17N3O2/c1-9(2)8-16-5-4-12-11-13-6-10(15-3)7-14-11/h6-7H,1,4-5,8H2,2-3H3,(H,12,13,14). The fourth-order valence-electron chi connectivity index (χ4n) is 0.994. The molecule has 5 nitrogen and oxygen atoms in total. The van der Waals surface area contributed by atoms with E-state index in [4.69, 9.17) is 9.47 Å². The third-order valence-electron chi connectivity index (χ3n) is 1.74. The lowest BCUT2D eigenvalue weighted by atomic mass is 10.4. The van der Waals surface area contributed by atoms with Crippen molar-refractivity contribution in [2.45, 2.75) is 6.92 Å². The topological polar surface area (TPSA) is 56.3 Å². The average molecular weight is 223 g/mol. The zero-order chi connectivity index (χ0) is 11.8. The Bertz CT molecular complexity index is 325. The molecule has 0 atom stereocenters. The number of anilines is 1. The summed E-state index contributed by atoms with van der Waals surface area (Å²) in [6.45, 7) is 7.53. The van der Waals surface area contributed by atoms with Crippen LogP contribution in [-0.2, 0) is 4.74 Å². The van der Waals surface area contributed by atoms with Crippen molar-refractivity contribution in [1.82, 2.24) is 9.97 Å². The van der Waals surface area contributed by atoms with Gasteiger partial charge in [0.15, 0.2) is 5.75 Å². The maximum absolute atomic E-state index is 5.32. The van der Waals surface area contributed by atoms with Crippen LogP contribution in [0.1, 0.15) is 6.92 Å². The van der Waals surface area contributed by atoms with Gasteiger partial charge in [-0.3, -0.25) is 0 Å². The van der Waals surface area contributed by atoms with Crippen LogP contribution in [0.5, 0.6) is 5.75 Å². The predicted octanol–water partition coefficient (Wildman–Crippen LogP) is 1.49. The van der Waals surface area contributed by atoms with E-state index in [2.05, 4.69) is 21.9 Å². The molecule has 0 radical (unpaired) electrons. The second kappa shape index (κ2) is 6.79. The van der Waals surface area contributed by atoms with Crippen molar-refractivity contribution in [3.05, 3.63) is 24.5 Å². The molecule has 0 amide bonds. The Morgan fingerprint density at radius 2 is 2.12 bits per heavy atom. The van der Waals surface area contributed by atoms with Gasteiger partial charge >= 0.3 is 0 Å². The number of nitrogens with one attached hydrogen (secondary N) is 1. The first-order valence-electron chi connectivity index (χ1n) is 5.04. The first-order chi connectivity index (χ1) is 7.72. The summed E-state index contributed by atoms with van der Waals surface area (Å²) < 4.78 is 10.3. The number of aromatic nitrogens is 2. The Morgan fingerprint density at radius 3 is 2.69 bits per heavy atom. The number of ether oxygens (including phenoxy) is 2. The van der Waals surface area contributed by atoms with Crippen LogP contribution in [0.4, 0.5) is 5.95 Å². The lowest BCUT2D eigenvalue weighted by Gasteiger charge is -2.06. The minimum Gasteiger partial charge on any atom is -0.494 e. The van der Waals surface area contributed by atoms with E-state index in [1.54, 1.807) is 19.5 Å². The fourth-order valence-corrected chi connectivity index (χ4v) is 0.994. The zero-order valence-electron chi connectivity index (χ0n) is 9.69. The van der Waals surface area contributed by atoms with Gasteiger partial charge in [0.05, 0.1) is 32.7 Å². The van der Waals surface area contributed by atoms with E-state index in [1.807, 2.05) is 6.92 Å². The van der Waals surface area contributed by atoms with Crippen LogP contribution in [0.15, 0.2) is 24.5 Å².